The summed E-state index contributed by atoms with van der Waals surface area (Å²) >= 11 is 0. The summed E-state index contributed by atoms with van der Waals surface area (Å²) in [5.41, 5.74) is 8.42. The molecule has 0 unspecified atom stereocenters. The van der Waals surface area contributed by atoms with Crippen molar-refractivity contribution in [1.29, 1.82) is 0 Å². The molecule has 34 heavy (non-hydrogen) atoms. The molecule has 0 aliphatic carbocycles. The second kappa shape index (κ2) is 7.96. The number of halogens is 1. The molecule has 0 saturated carbocycles. The van der Waals surface area contributed by atoms with Crippen molar-refractivity contribution in [3.63, 3.8) is 0 Å². The Balaban J connectivity index is 1.51. The summed E-state index contributed by atoms with van der Waals surface area (Å²) in [6.45, 7) is 2.06. The molecule has 0 radical (unpaired) electrons. The maximum absolute atomic E-state index is 15.5. The standard InChI is InChI=1S/C31H23FNO/c1-20-11-16-25-30-26(32)18-24(23-14-12-22(13-15-23)21-8-4-3-5-9-21)19-28(30)34-31(25)29(20)27-10-6-7-17-33(27)2/h3-19H,1-2H3/q+1. The molecule has 0 aliphatic rings. The fraction of sp³-hybridized carbons (Fsp3) is 0.0645. The molecule has 164 valence electrons. The van der Waals surface area contributed by atoms with Gasteiger partial charge in [-0.15, -0.1) is 0 Å². The average molecular weight is 445 g/mol. The van der Waals surface area contributed by atoms with E-state index in [9.17, 15) is 0 Å². The van der Waals surface area contributed by atoms with Gasteiger partial charge in [0.1, 0.15) is 24.0 Å². The van der Waals surface area contributed by atoms with Gasteiger partial charge in [-0.2, -0.15) is 0 Å². The van der Waals surface area contributed by atoms with Gasteiger partial charge in [-0.3, -0.25) is 0 Å². The summed E-state index contributed by atoms with van der Waals surface area (Å²) in [6, 6.07) is 32.1. The summed E-state index contributed by atoms with van der Waals surface area (Å²) in [7, 11) is 2.01. The molecular formula is C31H23FNO+. The zero-order chi connectivity index (χ0) is 23.2. The lowest BCUT2D eigenvalue weighted by atomic mass is 9.98. The van der Waals surface area contributed by atoms with Crippen LogP contribution in [0.15, 0.2) is 108 Å². The molecule has 0 atom stereocenters. The van der Waals surface area contributed by atoms with Crippen LogP contribution in [-0.4, -0.2) is 0 Å². The van der Waals surface area contributed by atoms with Crippen LogP contribution in [0.3, 0.4) is 0 Å². The normalized spacial score (nSPS) is 11.4. The van der Waals surface area contributed by atoms with Crippen LogP contribution >= 0.6 is 0 Å². The maximum atomic E-state index is 15.5. The predicted molar refractivity (Wildman–Crippen MR) is 136 cm³/mol. The number of rotatable bonds is 3. The van der Waals surface area contributed by atoms with Gasteiger partial charge in [-0.25, -0.2) is 8.96 Å². The maximum Gasteiger partial charge on any atom is 0.216 e. The highest BCUT2D eigenvalue weighted by Gasteiger charge is 2.22. The first kappa shape index (κ1) is 20.4. The highest BCUT2D eigenvalue weighted by atomic mass is 19.1. The van der Waals surface area contributed by atoms with Crippen LogP contribution < -0.4 is 4.57 Å². The topological polar surface area (TPSA) is 17.0 Å². The molecular weight excluding hydrogens is 421 g/mol. The second-order valence-corrected chi connectivity index (χ2v) is 8.71. The van der Waals surface area contributed by atoms with E-state index in [0.717, 1.165) is 44.5 Å². The molecule has 6 rings (SSSR count). The van der Waals surface area contributed by atoms with Gasteiger partial charge in [0.25, 0.3) is 0 Å². The number of nitrogens with zero attached hydrogens (tertiary/aromatic N) is 1. The van der Waals surface area contributed by atoms with Crippen molar-refractivity contribution in [2.24, 2.45) is 7.05 Å². The average Bonchev–Trinajstić information content (AvgIpc) is 3.24. The molecule has 0 bridgehead atoms. The van der Waals surface area contributed by atoms with Crippen LogP contribution in [-0.2, 0) is 7.05 Å². The SMILES string of the molecule is Cc1ccc2c(oc3cc(-c4ccc(-c5ccccc5)cc4)cc(F)c32)c1-c1cccc[n+]1C. The van der Waals surface area contributed by atoms with Gasteiger partial charge in [0.05, 0.1) is 10.9 Å². The molecule has 3 heteroatoms. The summed E-state index contributed by atoms with van der Waals surface area (Å²) in [4.78, 5) is 0. The summed E-state index contributed by atoms with van der Waals surface area (Å²) in [5.74, 6) is -0.273. The van der Waals surface area contributed by atoms with Gasteiger partial charge in [-0.05, 0) is 52.9 Å². The first-order valence-corrected chi connectivity index (χ1v) is 11.4. The van der Waals surface area contributed by atoms with Gasteiger partial charge in [0.2, 0.25) is 5.69 Å². The van der Waals surface area contributed by atoms with Gasteiger partial charge < -0.3 is 4.42 Å². The number of furan rings is 1. The van der Waals surface area contributed by atoms with Crippen LogP contribution in [0.4, 0.5) is 4.39 Å². The van der Waals surface area contributed by atoms with Crippen molar-refractivity contribution in [2.45, 2.75) is 6.92 Å². The molecule has 2 nitrogen and oxygen atoms in total. The monoisotopic (exact) mass is 444 g/mol. The van der Waals surface area contributed by atoms with E-state index in [1.165, 1.54) is 0 Å². The summed E-state index contributed by atoms with van der Waals surface area (Å²) in [5, 5.41) is 1.32. The Morgan fingerprint density at radius 2 is 1.38 bits per heavy atom. The van der Waals surface area contributed by atoms with Gasteiger partial charge in [-0.1, -0.05) is 66.7 Å². The molecule has 2 aromatic heterocycles. The lowest BCUT2D eigenvalue weighted by Gasteiger charge is -2.06. The Hall–Kier alpha value is -4.24. The molecule has 4 aromatic carbocycles. The van der Waals surface area contributed by atoms with Crippen LogP contribution in [0.5, 0.6) is 0 Å². The number of aromatic nitrogens is 1. The Labute approximate surface area is 197 Å². The van der Waals surface area contributed by atoms with E-state index in [-0.39, 0.29) is 5.82 Å². The first-order chi connectivity index (χ1) is 16.6. The fourth-order valence-corrected chi connectivity index (χ4v) is 4.77. The highest BCUT2D eigenvalue weighted by molar-refractivity contribution is 6.10. The van der Waals surface area contributed by atoms with Crippen molar-refractivity contribution >= 4 is 21.9 Å². The van der Waals surface area contributed by atoms with Crippen molar-refractivity contribution in [3.8, 4) is 33.5 Å². The van der Waals surface area contributed by atoms with E-state index in [1.807, 2.05) is 73.9 Å². The number of fused-ring (bicyclic) bond motifs is 3. The number of aryl methyl sites for hydroxylation is 2. The first-order valence-electron chi connectivity index (χ1n) is 11.4. The van der Waals surface area contributed by atoms with Crippen molar-refractivity contribution in [3.05, 3.63) is 115 Å². The van der Waals surface area contributed by atoms with Gasteiger partial charge >= 0.3 is 0 Å². The third-order valence-corrected chi connectivity index (χ3v) is 6.54. The summed E-state index contributed by atoms with van der Waals surface area (Å²) < 4.78 is 23.9. The minimum absolute atomic E-state index is 0.273. The van der Waals surface area contributed by atoms with Crippen LogP contribution in [0.1, 0.15) is 5.56 Å². The minimum atomic E-state index is -0.273. The number of hydrogen-bond donors (Lipinski definition) is 0. The minimum Gasteiger partial charge on any atom is -0.455 e. The van der Waals surface area contributed by atoms with Gasteiger partial charge in [0, 0.05) is 17.5 Å². The van der Waals surface area contributed by atoms with E-state index in [0.29, 0.717) is 16.6 Å². The lowest BCUT2D eigenvalue weighted by Crippen LogP contribution is -2.30. The quantitative estimate of drug-likeness (QED) is 0.254. The largest absolute Gasteiger partial charge is 0.455 e. The van der Waals surface area contributed by atoms with Crippen molar-refractivity contribution in [2.75, 3.05) is 0 Å². The molecule has 0 amide bonds. The third kappa shape index (κ3) is 3.29. The van der Waals surface area contributed by atoms with E-state index >= 15 is 4.39 Å². The number of pyridine rings is 1. The molecule has 0 saturated heterocycles. The Morgan fingerprint density at radius 1 is 0.706 bits per heavy atom. The van der Waals surface area contributed by atoms with Gasteiger partial charge in [0.15, 0.2) is 6.20 Å². The van der Waals surface area contributed by atoms with Crippen molar-refractivity contribution in [1.82, 2.24) is 0 Å². The molecule has 0 fully saturated rings. The highest BCUT2D eigenvalue weighted by Crippen LogP contribution is 2.39. The van der Waals surface area contributed by atoms with E-state index in [1.54, 1.807) is 6.07 Å². The Bertz CT molecular complexity index is 1660. The number of benzene rings is 4. The smallest absolute Gasteiger partial charge is 0.216 e. The zero-order valence-electron chi connectivity index (χ0n) is 19.0. The van der Waals surface area contributed by atoms with Crippen LogP contribution in [0.2, 0.25) is 0 Å². The number of hydrogen-bond acceptors (Lipinski definition) is 1. The predicted octanol–water partition coefficient (Wildman–Crippen LogP) is 7.86. The molecule has 0 N–H and O–H groups in total. The molecule has 6 aromatic rings. The Kier molecular flexibility index (Phi) is 4.77. The van der Waals surface area contributed by atoms with E-state index in [4.69, 9.17) is 4.42 Å². The molecule has 0 aliphatic heterocycles. The van der Waals surface area contributed by atoms with Crippen LogP contribution in [0, 0.1) is 12.7 Å². The summed E-state index contributed by atoms with van der Waals surface area (Å²) in [6.07, 6.45) is 2.01. The van der Waals surface area contributed by atoms with Crippen LogP contribution in [0.25, 0.3) is 55.4 Å². The lowest BCUT2D eigenvalue weighted by molar-refractivity contribution is -0.660. The fourth-order valence-electron chi connectivity index (χ4n) is 4.77. The molecule has 2 heterocycles. The van der Waals surface area contributed by atoms with E-state index in [2.05, 4.69) is 41.8 Å². The van der Waals surface area contributed by atoms with E-state index < -0.39 is 0 Å². The zero-order valence-corrected chi connectivity index (χ0v) is 19.0. The molecule has 0 spiro atoms. The Morgan fingerprint density at radius 3 is 2.12 bits per heavy atom. The van der Waals surface area contributed by atoms with Crippen molar-refractivity contribution < 1.29 is 13.4 Å². The third-order valence-electron chi connectivity index (χ3n) is 6.54. The second-order valence-electron chi connectivity index (χ2n) is 8.71.